The molecule has 0 radical (unpaired) electrons. The average molecular weight is 308 g/mol. The molecule has 0 unspecified atom stereocenters. The van der Waals surface area contributed by atoms with E-state index in [0.29, 0.717) is 16.9 Å². The van der Waals surface area contributed by atoms with Crippen LogP contribution in [0.4, 0.5) is 8.78 Å². The van der Waals surface area contributed by atoms with E-state index in [1.165, 1.54) is 24.3 Å². The smallest absolute Gasteiger partial charge is 0.138 e. The lowest BCUT2D eigenvalue weighted by Crippen LogP contribution is -2.00. The largest absolute Gasteiger partial charge is 0.487 e. The van der Waals surface area contributed by atoms with Crippen molar-refractivity contribution in [2.45, 2.75) is 6.61 Å². The number of rotatable bonds is 3. The zero-order valence-electron chi connectivity index (χ0n) is 11.0. The van der Waals surface area contributed by atoms with Crippen LogP contribution in [0.3, 0.4) is 0 Å². The molecule has 0 bridgehead atoms. The normalized spacial score (nSPS) is 9.90. The number of nitrogens with two attached hydrogens (primary N) is 1. The van der Waals surface area contributed by atoms with Crippen LogP contribution >= 0.6 is 11.6 Å². The van der Waals surface area contributed by atoms with Crippen molar-refractivity contribution < 1.29 is 13.5 Å². The SMILES string of the molecule is NCC#Cc1cc(F)ccc1COc1ccc(F)cc1Cl. The van der Waals surface area contributed by atoms with E-state index in [-0.39, 0.29) is 24.0 Å². The van der Waals surface area contributed by atoms with Crippen LogP contribution in [0.2, 0.25) is 5.02 Å². The average Bonchev–Trinajstić information content (AvgIpc) is 2.45. The predicted octanol–water partition coefficient (Wildman–Crippen LogP) is 3.51. The van der Waals surface area contributed by atoms with Crippen LogP contribution in [-0.2, 0) is 6.61 Å². The number of ether oxygens (including phenoxy) is 1. The fourth-order valence-electron chi connectivity index (χ4n) is 1.68. The van der Waals surface area contributed by atoms with Gasteiger partial charge in [0.25, 0.3) is 0 Å². The minimum absolute atomic E-state index is 0.139. The van der Waals surface area contributed by atoms with Gasteiger partial charge in [-0.1, -0.05) is 29.5 Å². The lowest BCUT2D eigenvalue weighted by molar-refractivity contribution is 0.305. The Balaban J connectivity index is 2.19. The molecule has 0 aliphatic rings. The van der Waals surface area contributed by atoms with Gasteiger partial charge in [-0.2, -0.15) is 0 Å². The van der Waals surface area contributed by atoms with Gasteiger partial charge in [0, 0.05) is 11.1 Å². The van der Waals surface area contributed by atoms with Gasteiger partial charge in [-0.15, -0.1) is 0 Å². The topological polar surface area (TPSA) is 35.2 Å². The Morgan fingerprint density at radius 2 is 1.81 bits per heavy atom. The summed E-state index contributed by atoms with van der Waals surface area (Å²) in [7, 11) is 0. The number of halogens is 3. The molecular weight excluding hydrogens is 296 g/mol. The Kier molecular flexibility index (Phi) is 5.15. The van der Waals surface area contributed by atoms with Crippen molar-refractivity contribution in [3.63, 3.8) is 0 Å². The van der Waals surface area contributed by atoms with E-state index in [2.05, 4.69) is 11.8 Å². The maximum Gasteiger partial charge on any atom is 0.138 e. The van der Waals surface area contributed by atoms with Crippen molar-refractivity contribution in [3.8, 4) is 17.6 Å². The summed E-state index contributed by atoms with van der Waals surface area (Å²) >= 11 is 5.87. The van der Waals surface area contributed by atoms with E-state index in [1.54, 1.807) is 6.07 Å². The Labute approximate surface area is 126 Å². The van der Waals surface area contributed by atoms with Crippen LogP contribution in [0.15, 0.2) is 36.4 Å². The molecule has 0 spiro atoms. The summed E-state index contributed by atoms with van der Waals surface area (Å²) in [6, 6.07) is 8.06. The summed E-state index contributed by atoms with van der Waals surface area (Å²) in [5.74, 6) is 4.97. The van der Waals surface area contributed by atoms with Gasteiger partial charge in [0.15, 0.2) is 0 Å². The van der Waals surface area contributed by atoms with Crippen molar-refractivity contribution in [3.05, 3.63) is 64.2 Å². The maximum atomic E-state index is 13.2. The van der Waals surface area contributed by atoms with E-state index < -0.39 is 5.82 Å². The second-order valence-corrected chi connectivity index (χ2v) is 4.58. The summed E-state index contributed by atoms with van der Waals surface area (Å²) < 4.78 is 31.7. The Morgan fingerprint density at radius 3 is 2.52 bits per heavy atom. The molecule has 0 saturated heterocycles. The van der Waals surface area contributed by atoms with Crippen molar-refractivity contribution in [1.82, 2.24) is 0 Å². The first kappa shape index (κ1) is 15.3. The molecule has 108 valence electrons. The quantitative estimate of drug-likeness (QED) is 0.881. The highest BCUT2D eigenvalue weighted by atomic mass is 35.5. The number of hydrogen-bond acceptors (Lipinski definition) is 2. The van der Waals surface area contributed by atoms with Gasteiger partial charge in [0.05, 0.1) is 11.6 Å². The van der Waals surface area contributed by atoms with E-state index >= 15 is 0 Å². The fourth-order valence-corrected chi connectivity index (χ4v) is 1.91. The van der Waals surface area contributed by atoms with Crippen molar-refractivity contribution in [1.29, 1.82) is 0 Å². The number of benzene rings is 2. The molecular formula is C16H12ClF2NO. The Hall–Kier alpha value is -2.09. The van der Waals surface area contributed by atoms with E-state index in [1.807, 2.05) is 0 Å². The molecule has 0 heterocycles. The highest BCUT2D eigenvalue weighted by Crippen LogP contribution is 2.26. The van der Waals surface area contributed by atoms with Crippen LogP contribution in [0.5, 0.6) is 5.75 Å². The Bertz CT molecular complexity index is 707. The molecule has 2 aromatic carbocycles. The van der Waals surface area contributed by atoms with Gasteiger partial charge < -0.3 is 10.5 Å². The van der Waals surface area contributed by atoms with Crippen molar-refractivity contribution in [2.75, 3.05) is 6.54 Å². The van der Waals surface area contributed by atoms with E-state index in [9.17, 15) is 8.78 Å². The summed E-state index contributed by atoms with van der Waals surface area (Å²) in [5, 5.41) is 0.173. The van der Waals surface area contributed by atoms with Crippen LogP contribution in [-0.4, -0.2) is 6.54 Å². The molecule has 0 fully saturated rings. The molecule has 2 nitrogen and oxygen atoms in total. The lowest BCUT2D eigenvalue weighted by atomic mass is 10.1. The van der Waals surface area contributed by atoms with Crippen LogP contribution in [0.25, 0.3) is 0 Å². The minimum Gasteiger partial charge on any atom is -0.487 e. The Morgan fingerprint density at radius 1 is 1.10 bits per heavy atom. The molecule has 2 N–H and O–H groups in total. The molecule has 0 atom stereocenters. The first-order valence-corrected chi connectivity index (χ1v) is 6.53. The highest BCUT2D eigenvalue weighted by Gasteiger charge is 2.06. The lowest BCUT2D eigenvalue weighted by Gasteiger charge is -2.09. The van der Waals surface area contributed by atoms with Gasteiger partial charge in [-0.05, 0) is 30.3 Å². The van der Waals surface area contributed by atoms with E-state index in [4.69, 9.17) is 22.1 Å². The zero-order valence-corrected chi connectivity index (χ0v) is 11.8. The van der Waals surface area contributed by atoms with Crippen LogP contribution in [0.1, 0.15) is 11.1 Å². The third-order valence-corrected chi connectivity index (χ3v) is 2.97. The molecule has 0 aliphatic heterocycles. The summed E-state index contributed by atoms with van der Waals surface area (Å²) in [5.41, 5.74) is 6.50. The van der Waals surface area contributed by atoms with Crippen molar-refractivity contribution >= 4 is 11.6 Å². The zero-order chi connectivity index (χ0) is 15.2. The molecule has 0 amide bonds. The molecule has 0 aromatic heterocycles. The number of hydrogen-bond donors (Lipinski definition) is 1. The van der Waals surface area contributed by atoms with Gasteiger partial charge in [0.2, 0.25) is 0 Å². The summed E-state index contributed by atoms with van der Waals surface area (Å²) in [4.78, 5) is 0. The first-order valence-electron chi connectivity index (χ1n) is 6.15. The molecule has 5 heteroatoms. The van der Waals surface area contributed by atoms with E-state index in [0.717, 1.165) is 6.07 Å². The van der Waals surface area contributed by atoms with Crippen LogP contribution < -0.4 is 10.5 Å². The standard InChI is InChI=1S/C16H12ClF2NO/c17-15-9-14(19)5-6-16(15)21-10-12-3-4-13(18)8-11(12)2-1-7-20/h3-6,8-9H,7,10,20H2. The van der Waals surface area contributed by atoms with Crippen molar-refractivity contribution in [2.24, 2.45) is 5.73 Å². The fraction of sp³-hybridized carbons (Fsp3) is 0.125. The second kappa shape index (κ2) is 7.07. The van der Waals surface area contributed by atoms with Gasteiger partial charge >= 0.3 is 0 Å². The van der Waals surface area contributed by atoms with Gasteiger partial charge in [-0.3, -0.25) is 0 Å². The first-order chi connectivity index (χ1) is 10.1. The third kappa shape index (κ3) is 4.19. The maximum absolute atomic E-state index is 13.2. The molecule has 21 heavy (non-hydrogen) atoms. The van der Waals surface area contributed by atoms with Gasteiger partial charge in [-0.25, -0.2) is 8.78 Å². The van der Waals surface area contributed by atoms with Gasteiger partial charge in [0.1, 0.15) is 24.0 Å². The minimum atomic E-state index is -0.441. The molecule has 0 aliphatic carbocycles. The molecule has 2 rings (SSSR count). The summed E-state index contributed by atoms with van der Waals surface area (Å²) in [6.07, 6.45) is 0. The molecule has 2 aromatic rings. The highest BCUT2D eigenvalue weighted by molar-refractivity contribution is 6.32. The predicted molar refractivity (Wildman–Crippen MR) is 78.1 cm³/mol. The second-order valence-electron chi connectivity index (χ2n) is 4.17. The van der Waals surface area contributed by atoms with Crippen LogP contribution in [0, 0.1) is 23.5 Å². The monoisotopic (exact) mass is 307 g/mol. The molecule has 0 saturated carbocycles. The third-order valence-electron chi connectivity index (χ3n) is 2.67. The summed E-state index contributed by atoms with van der Waals surface area (Å²) in [6.45, 7) is 0.320.